The zero-order valence-corrected chi connectivity index (χ0v) is 15.9. The van der Waals surface area contributed by atoms with Gasteiger partial charge in [-0.3, -0.25) is 4.79 Å². The van der Waals surface area contributed by atoms with Crippen molar-refractivity contribution in [2.24, 2.45) is 0 Å². The molecule has 10 heteroatoms. The van der Waals surface area contributed by atoms with Crippen LogP contribution in [0.1, 0.15) is 16.1 Å². The molecule has 1 amide bonds. The summed E-state index contributed by atoms with van der Waals surface area (Å²) in [7, 11) is 0. The molecule has 0 saturated carbocycles. The van der Waals surface area contributed by atoms with E-state index in [2.05, 4.69) is 20.8 Å². The Hall–Kier alpha value is -3.66. The van der Waals surface area contributed by atoms with Crippen molar-refractivity contribution < 1.29 is 22.5 Å². The van der Waals surface area contributed by atoms with Crippen molar-refractivity contribution in [2.75, 3.05) is 10.6 Å². The third-order valence-electron chi connectivity index (χ3n) is 3.99. The SMILES string of the molecule is O=C(Nc1ccccc1)c1cc(-c2csc(Nc3ccc(C(F)(F)F)cc3)n2)on1. The molecule has 0 unspecified atom stereocenters. The summed E-state index contributed by atoms with van der Waals surface area (Å²) in [5.41, 5.74) is 0.906. The van der Waals surface area contributed by atoms with Crippen LogP contribution in [0.2, 0.25) is 0 Å². The highest BCUT2D eigenvalue weighted by Crippen LogP contribution is 2.31. The Balaban J connectivity index is 1.43. The van der Waals surface area contributed by atoms with Gasteiger partial charge in [-0.1, -0.05) is 23.4 Å². The number of hydrogen-bond donors (Lipinski definition) is 2. The quantitative estimate of drug-likeness (QED) is 0.418. The highest BCUT2D eigenvalue weighted by Gasteiger charge is 2.30. The van der Waals surface area contributed by atoms with Crippen LogP contribution in [-0.2, 0) is 6.18 Å². The van der Waals surface area contributed by atoms with Crippen LogP contribution < -0.4 is 10.6 Å². The Morgan fingerprint density at radius 3 is 2.43 bits per heavy atom. The number of alkyl halides is 3. The standard InChI is InChI=1S/C20H13F3N4O2S/c21-20(22,23)12-6-8-14(9-7-12)25-19-26-16(11-30-19)17-10-15(27-29-17)18(28)24-13-4-2-1-3-5-13/h1-11H,(H,24,28)(H,25,26). The molecular weight excluding hydrogens is 417 g/mol. The lowest BCUT2D eigenvalue weighted by molar-refractivity contribution is -0.137. The summed E-state index contributed by atoms with van der Waals surface area (Å²) >= 11 is 1.24. The maximum absolute atomic E-state index is 12.6. The lowest BCUT2D eigenvalue weighted by Crippen LogP contribution is -2.11. The molecule has 0 aliphatic rings. The second-order valence-corrected chi connectivity index (χ2v) is 6.99. The van der Waals surface area contributed by atoms with Crippen LogP contribution in [0, 0.1) is 0 Å². The molecule has 0 aliphatic heterocycles. The van der Waals surface area contributed by atoms with Crippen molar-refractivity contribution >= 4 is 33.8 Å². The van der Waals surface area contributed by atoms with Gasteiger partial charge in [0.15, 0.2) is 16.6 Å². The number of thiazole rings is 1. The summed E-state index contributed by atoms with van der Waals surface area (Å²) in [6.07, 6.45) is -4.39. The predicted octanol–water partition coefficient (Wildman–Crippen LogP) is 5.81. The van der Waals surface area contributed by atoms with Gasteiger partial charge in [-0.2, -0.15) is 13.2 Å². The topological polar surface area (TPSA) is 80.0 Å². The third-order valence-corrected chi connectivity index (χ3v) is 4.75. The normalized spacial score (nSPS) is 11.3. The molecule has 4 rings (SSSR count). The van der Waals surface area contributed by atoms with Crippen LogP contribution in [0.4, 0.5) is 29.7 Å². The third kappa shape index (κ3) is 4.49. The molecule has 0 bridgehead atoms. The summed E-state index contributed by atoms with van der Waals surface area (Å²) < 4.78 is 43.1. The summed E-state index contributed by atoms with van der Waals surface area (Å²) in [5, 5.41) is 11.5. The van der Waals surface area contributed by atoms with Gasteiger partial charge in [0.05, 0.1) is 5.56 Å². The largest absolute Gasteiger partial charge is 0.416 e. The van der Waals surface area contributed by atoms with Gasteiger partial charge >= 0.3 is 6.18 Å². The van der Waals surface area contributed by atoms with E-state index < -0.39 is 17.6 Å². The number of nitrogens with zero attached hydrogens (tertiary/aromatic N) is 2. The number of para-hydroxylation sites is 1. The van der Waals surface area contributed by atoms with Crippen LogP contribution >= 0.6 is 11.3 Å². The molecule has 2 heterocycles. The Labute approximate surface area is 172 Å². The minimum Gasteiger partial charge on any atom is -0.354 e. The highest BCUT2D eigenvalue weighted by molar-refractivity contribution is 7.14. The van der Waals surface area contributed by atoms with E-state index in [-0.39, 0.29) is 5.69 Å². The number of benzene rings is 2. The number of halogens is 3. The van der Waals surface area contributed by atoms with Gasteiger partial charge in [-0.15, -0.1) is 11.3 Å². The van der Waals surface area contributed by atoms with Gasteiger partial charge < -0.3 is 15.2 Å². The second-order valence-electron chi connectivity index (χ2n) is 6.13. The fourth-order valence-corrected chi connectivity index (χ4v) is 3.25. The summed E-state index contributed by atoms with van der Waals surface area (Å²) in [4.78, 5) is 16.6. The smallest absolute Gasteiger partial charge is 0.354 e. The molecule has 4 aromatic rings. The van der Waals surface area contributed by atoms with Gasteiger partial charge in [-0.05, 0) is 36.4 Å². The summed E-state index contributed by atoms with van der Waals surface area (Å²) in [6.45, 7) is 0. The Kier molecular flexibility index (Phi) is 5.23. The van der Waals surface area contributed by atoms with Gasteiger partial charge in [0.25, 0.3) is 5.91 Å². The zero-order chi connectivity index (χ0) is 21.1. The number of amides is 1. The molecule has 0 aliphatic carbocycles. The van der Waals surface area contributed by atoms with Crippen molar-refractivity contribution in [2.45, 2.75) is 6.18 Å². The molecule has 0 atom stereocenters. The van der Waals surface area contributed by atoms with E-state index in [1.54, 1.807) is 29.6 Å². The first kappa shape index (κ1) is 19.6. The first-order valence-electron chi connectivity index (χ1n) is 8.62. The summed E-state index contributed by atoms with van der Waals surface area (Å²) in [6, 6.07) is 15.0. The molecule has 2 N–H and O–H groups in total. The minimum absolute atomic E-state index is 0.0964. The van der Waals surface area contributed by atoms with Crippen molar-refractivity contribution in [3.63, 3.8) is 0 Å². The van der Waals surface area contributed by atoms with Gasteiger partial charge in [0.2, 0.25) is 0 Å². The van der Waals surface area contributed by atoms with E-state index in [4.69, 9.17) is 4.52 Å². The monoisotopic (exact) mass is 430 g/mol. The Bertz CT molecular complexity index is 1150. The number of carbonyl (C=O) groups excluding carboxylic acids is 1. The molecular formula is C20H13F3N4O2S. The molecule has 0 fully saturated rings. The average molecular weight is 430 g/mol. The fourth-order valence-electron chi connectivity index (χ4n) is 2.53. The van der Waals surface area contributed by atoms with Crippen molar-refractivity contribution in [3.8, 4) is 11.5 Å². The van der Waals surface area contributed by atoms with Gasteiger partial charge in [-0.25, -0.2) is 4.98 Å². The minimum atomic E-state index is -4.39. The average Bonchev–Trinajstić information content (AvgIpc) is 3.38. The van der Waals surface area contributed by atoms with E-state index in [9.17, 15) is 18.0 Å². The molecule has 0 spiro atoms. The van der Waals surface area contributed by atoms with Crippen LogP contribution in [-0.4, -0.2) is 16.0 Å². The Morgan fingerprint density at radius 1 is 1.00 bits per heavy atom. The molecule has 0 saturated heterocycles. The molecule has 2 aromatic carbocycles. The van der Waals surface area contributed by atoms with E-state index in [1.165, 1.54) is 29.5 Å². The molecule has 6 nitrogen and oxygen atoms in total. The fraction of sp³-hybridized carbons (Fsp3) is 0.0500. The maximum atomic E-state index is 12.6. The first-order chi connectivity index (χ1) is 14.4. The van der Waals surface area contributed by atoms with Crippen molar-refractivity contribution in [3.05, 3.63) is 77.3 Å². The predicted molar refractivity (Wildman–Crippen MR) is 107 cm³/mol. The van der Waals surface area contributed by atoms with E-state index in [0.29, 0.717) is 28.0 Å². The van der Waals surface area contributed by atoms with E-state index >= 15 is 0 Å². The van der Waals surface area contributed by atoms with Gasteiger partial charge in [0, 0.05) is 22.8 Å². The second kappa shape index (κ2) is 7.99. The highest BCUT2D eigenvalue weighted by atomic mass is 32.1. The van der Waals surface area contributed by atoms with Crippen LogP contribution in [0.3, 0.4) is 0 Å². The first-order valence-corrected chi connectivity index (χ1v) is 9.50. The van der Waals surface area contributed by atoms with Gasteiger partial charge in [0.1, 0.15) is 5.69 Å². The lowest BCUT2D eigenvalue weighted by atomic mass is 10.2. The number of anilines is 3. The van der Waals surface area contributed by atoms with E-state index in [0.717, 1.165) is 12.1 Å². The lowest BCUT2D eigenvalue weighted by Gasteiger charge is -2.07. The summed E-state index contributed by atoms with van der Waals surface area (Å²) in [5.74, 6) is -0.125. The molecule has 30 heavy (non-hydrogen) atoms. The van der Waals surface area contributed by atoms with Crippen molar-refractivity contribution in [1.29, 1.82) is 0 Å². The molecule has 0 radical (unpaired) electrons. The number of rotatable bonds is 5. The molecule has 152 valence electrons. The van der Waals surface area contributed by atoms with Crippen LogP contribution in [0.25, 0.3) is 11.5 Å². The number of hydrogen-bond acceptors (Lipinski definition) is 6. The number of nitrogens with one attached hydrogen (secondary N) is 2. The van der Waals surface area contributed by atoms with Crippen LogP contribution in [0.15, 0.2) is 70.6 Å². The Morgan fingerprint density at radius 2 is 1.73 bits per heavy atom. The number of aromatic nitrogens is 2. The maximum Gasteiger partial charge on any atom is 0.416 e. The van der Waals surface area contributed by atoms with Crippen molar-refractivity contribution in [1.82, 2.24) is 10.1 Å². The number of carbonyl (C=O) groups is 1. The zero-order valence-electron chi connectivity index (χ0n) is 15.1. The molecule has 2 aromatic heterocycles. The van der Waals surface area contributed by atoms with Crippen LogP contribution in [0.5, 0.6) is 0 Å². The van der Waals surface area contributed by atoms with E-state index in [1.807, 2.05) is 6.07 Å².